The number of hydrogen-bond acceptors (Lipinski definition) is 14. The predicted octanol–water partition coefficient (Wildman–Crippen LogP) is -2.68. The van der Waals surface area contributed by atoms with Crippen LogP contribution < -0.4 is 44.5 Å². The number of methoxy groups -OCH3 is 2. The first-order valence-electron chi connectivity index (χ1n) is 18.0. The predicted molar refractivity (Wildman–Crippen MR) is 214 cm³/mol. The van der Waals surface area contributed by atoms with Crippen LogP contribution in [0.25, 0.3) is 0 Å². The summed E-state index contributed by atoms with van der Waals surface area (Å²) in [6.07, 6.45) is 6.97. The summed E-state index contributed by atoms with van der Waals surface area (Å²) in [5.74, 6) is -1.21. The van der Waals surface area contributed by atoms with Crippen LogP contribution >= 0.6 is 0 Å². The molecule has 0 atom stereocenters. The number of aromatic carboxylic acids is 2. The Bertz CT molecular complexity index is 1870. The maximum Gasteiger partial charge on any atom is 3.00 e. The van der Waals surface area contributed by atoms with Gasteiger partial charge in [0.1, 0.15) is 11.5 Å². The molecular weight excluding hydrogens is 929 g/mol. The molecule has 2 radical (unpaired) electrons. The Morgan fingerprint density at radius 3 is 0.968 bits per heavy atom. The number of nitrogens with zero attached hydrogens (tertiary/aromatic N) is 6. The fourth-order valence-corrected chi connectivity index (χ4v) is 5.75. The fourth-order valence-electron chi connectivity index (χ4n) is 5.75. The topological polar surface area (TPSA) is 197 Å². The molecular formula is C44H48Cl2N6Ni2O8+2. The minimum atomic E-state index is -1.21. The molecule has 334 valence electrons. The second kappa shape index (κ2) is 33.6. The monoisotopic (exact) mass is 974 g/mol. The van der Waals surface area contributed by atoms with Crippen molar-refractivity contribution in [3.63, 3.8) is 0 Å². The van der Waals surface area contributed by atoms with E-state index in [1.807, 2.05) is 72.8 Å². The van der Waals surface area contributed by atoms with Crippen LogP contribution in [0.2, 0.25) is 0 Å². The number of carboxylic acid groups (broad SMARTS) is 2. The van der Waals surface area contributed by atoms with Crippen molar-refractivity contribution >= 4 is 11.9 Å². The Morgan fingerprint density at radius 1 is 0.484 bits per heavy atom. The summed E-state index contributed by atoms with van der Waals surface area (Å²) in [4.78, 5) is 44.7. The number of carboxylic acids is 2. The van der Waals surface area contributed by atoms with Gasteiger partial charge in [0.25, 0.3) is 0 Å². The zero-order valence-corrected chi connectivity index (χ0v) is 37.8. The molecule has 0 amide bonds. The standard InChI is InChI=1S/2C21H21N3O3.2CH4O.2ClH.2Ni/c2*1-27-19-8-9-20(21(25)26)16(12-19)13-24(14-17-6-2-4-10-22-17)15-18-7-3-5-11-23-18;2*1-2;;;;/h2*2-12H,13-15H2,1H3,(H,25,26);2*2H,1H3;2*1H;;/q;;;;;;2*+3/p-4. The van der Waals surface area contributed by atoms with E-state index >= 15 is 0 Å². The summed E-state index contributed by atoms with van der Waals surface area (Å²) in [6, 6.07) is 32.7. The third-order valence-corrected chi connectivity index (χ3v) is 8.30. The van der Waals surface area contributed by atoms with Crippen molar-refractivity contribution in [1.82, 2.24) is 29.7 Å². The molecule has 0 saturated carbocycles. The van der Waals surface area contributed by atoms with Crippen LogP contribution in [0.3, 0.4) is 0 Å². The van der Waals surface area contributed by atoms with Gasteiger partial charge in [0.15, 0.2) is 0 Å². The van der Waals surface area contributed by atoms with Gasteiger partial charge in [-0.2, -0.15) is 0 Å². The molecule has 6 rings (SSSR count). The number of ether oxygens (including phenoxy) is 2. The summed E-state index contributed by atoms with van der Waals surface area (Å²) >= 11 is 0. The number of benzene rings is 2. The van der Waals surface area contributed by atoms with Crippen LogP contribution in [-0.4, -0.2) is 80.3 Å². The molecule has 0 aliphatic carbocycles. The van der Waals surface area contributed by atoms with Crippen molar-refractivity contribution in [2.45, 2.75) is 39.3 Å². The van der Waals surface area contributed by atoms with Crippen LogP contribution in [-0.2, 0) is 72.3 Å². The van der Waals surface area contributed by atoms with Gasteiger partial charge in [-0.15, -0.1) is 0 Å². The molecule has 0 aliphatic rings. The number of pyridine rings is 4. The van der Waals surface area contributed by atoms with Gasteiger partial charge in [-0.25, -0.2) is 0 Å². The van der Waals surface area contributed by atoms with Crippen molar-refractivity contribution in [2.75, 3.05) is 28.4 Å². The summed E-state index contributed by atoms with van der Waals surface area (Å²) in [7, 11) is 5.11. The average Bonchev–Trinajstić information content (AvgIpc) is 3.26. The number of aliphatic hydroxyl groups is 2. The first kappa shape index (κ1) is 59.1. The van der Waals surface area contributed by atoms with Crippen LogP contribution in [0.4, 0.5) is 0 Å². The van der Waals surface area contributed by atoms with Gasteiger partial charge in [-0.3, -0.25) is 29.7 Å². The number of hydrogen-bond donors (Lipinski definition) is 2. The van der Waals surface area contributed by atoms with Gasteiger partial charge in [-0.1, -0.05) is 24.3 Å². The maximum absolute atomic E-state index is 11.5. The van der Waals surface area contributed by atoms with E-state index in [-0.39, 0.29) is 68.9 Å². The molecule has 0 bridgehead atoms. The molecule has 14 nitrogen and oxygen atoms in total. The number of halogens is 2. The van der Waals surface area contributed by atoms with Gasteiger partial charge < -0.3 is 64.3 Å². The van der Waals surface area contributed by atoms with E-state index in [0.717, 1.165) is 37.0 Å². The Balaban J connectivity index is 0. The molecule has 0 spiro atoms. The quantitative estimate of drug-likeness (QED) is 0.0953. The molecule has 18 heteroatoms. The van der Waals surface area contributed by atoms with Gasteiger partial charge in [-0.05, 0) is 96.1 Å². The van der Waals surface area contributed by atoms with Crippen molar-refractivity contribution in [1.29, 1.82) is 0 Å². The first-order valence-corrected chi connectivity index (χ1v) is 18.0. The average molecular weight is 977 g/mol. The Labute approximate surface area is 395 Å². The van der Waals surface area contributed by atoms with E-state index in [1.54, 1.807) is 63.3 Å². The third-order valence-electron chi connectivity index (χ3n) is 8.30. The summed E-state index contributed by atoms with van der Waals surface area (Å²) in [6.45, 7) is 3.02. The number of carbonyl (C=O) groups is 2. The van der Waals surface area contributed by atoms with Gasteiger partial charge in [0.2, 0.25) is 0 Å². The van der Waals surface area contributed by atoms with E-state index in [0.29, 0.717) is 61.9 Å². The van der Waals surface area contributed by atoms with Crippen molar-refractivity contribution in [3.8, 4) is 11.5 Å². The van der Waals surface area contributed by atoms with E-state index < -0.39 is 11.9 Å². The van der Waals surface area contributed by atoms with Crippen molar-refractivity contribution in [2.24, 2.45) is 0 Å². The van der Waals surface area contributed by atoms with Gasteiger partial charge in [0.05, 0.1) is 48.9 Å². The van der Waals surface area contributed by atoms with Crippen LogP contribution in [0.1, 0.15) is 54.6 Å². The minimum absolute atomic E-state index is 0. The van der Waals surface area contributed by atoms with Crippen LogP contribution in [0.15, 0.2) is 134 Å². The zero-order valence-electron chi connectivity index (χ0n) is 34.4. The third kappa shape index (κ3) is 20.2. The normalized spacial score (nSPS) is 9.55. The van der Waals surface area contributed by atoms with Crippen molar-refractivity contribution < 1.29 is 97.3 Å². The molecule has 2 aromatic carbocycles. The second-order valence-corrected chi connectivity index (χ2v) is 12.2. The number of rotatable bonds is 16. The van der Waals surface area contributed by atoms with E-state index in [2.05, 4.69) is 29.7 Å². The fraction of sp³-hybridized carbons (Fsp3) is 0.227. The Morgan fingerprint density at radius 2 is 0.758 bits per heavy atom. The van der Waals surface area contributed by atoms with E-state index in [9.17, 15) is 19.8 Å². The SMILES string of the molecule is CO.CO.COc1ccc(C(=O)[O-])c(CN(Cc2ccccn2)Cc2ccccn2)c1.COc1ccc(C(=O)[O-])c(CN(Cc2ccccn2)Cc2ccccn2)c1.[Cl-].[Cl-].[Ni+3].[Ni+3]. The zero-order chi connectivity index (χ0) is 42.1. The minimum Gasteiger partial charge on any atom is -1.00 e. The van der Waals surface area contributed by atoms with Gasteiger partial charge in [0, 0.05) is 89.4 Å². The van der Waals surface area contributed by atoms with E-state index in [1.165, 1.54) is 12.1 Å². The number of aliphatic hydroxyl groups excluding tert-OH is 2. The summed E-state index contributed by atoms with van der Waals surface area (Å²) in [5.41, 5.74) is 5.14. The molecule has 4 aromatic heterocycles. The summed E-state index contributed by atoms with van der Waals surface area (Å²) in [5, 5.41) is 37.0. The molecule has 0 unspecified atom stereocenters. The van der Waals surface area contributed by atoms with Gasteiger partial charge >= 0.3 is 33.0 Å². The van der Waals surface area contributed by atoms with Crippen LogP contribution in [0, 0.1) is 0 Å². The summed E-state index contributed by atoms with van der Waals surface area (Å²) < 4.78 is 10.5. The number of carbonyl (C=O) groups excluding carboxylic acids is 2. The largest absolute Gasteiger partial charge is 3.00 e. The first-order chi connectivity index (χ1) is 28.3. The second-order valence-electron chi connectivity index (χ2n) is 12.2. The number of aromatic nitrogens is 4. The maximum atomic E-state index is 11.5. The molecule has 4 heterocycles. The molecule has 0 saturated heterocycles. The van der Waals surface area contributed by atoms with E-state index in [4.69, 9.17) is 19.7 Å². The smallest absolute Gasteiger partial charge is 1.00 e. The molecule has 0 aliphatic heterocycles. The van der Waals surface area contributed by atoms with Crippen molar-refractivity contribution in [3.05, 3.63) is 179 Å². The Kier molecular flexibility index (Phi) is 32.0. The molecule has 0 fully saturated rings. The molecule has 62 heavy (non-hydrogen) atoms. The van der Waals surface area contributed by atoms with Crippen LogP contribution in [0.5, 0.6) is 11.5 Å². The molecule has 6 aromatic rings. The Hall–Kier alpha value is -5.01. The molecule has 2 N–H and O–H groups in total.